The summed E-state index contributed by atoms with van der Waals surface area (Å²) in [4.78, 5) is 19.1. The average Bonchev–Trinajstić information content (AvgIpc) is 2.52. The van der Waals surface area contributed by atoms with Crippen molar-refractivity contribution in [3.63, 3.8) is 0 Å². The molecular formula is C22H31O4P. The van der Waals surface area contributed by atoms with E-state index in [2.05, 4.69) is 41.5 Å². The number of phosphoric acid groups is 1. The molecule has 0 saturated heterocycles. The van der Waals surface area contributed by atoms with Crippen LogP contribution in [0.2, 0.25) is 0 Å². The maximum atomic E-state index is 11.7. The molecular weight excluding hydrogens is 359 g/mol. The van der Waals surface area contributed by atoms with E-state index in [1.165, 1.54) is 0 Å². The second-order valence-electron chi connectivity index (χ2n) is 9.27. The molecule has 2 aromatic rings. The third-order valence-corrected chi connectivity index (χ3v) is 5.51. The summed E-state index contributed by atoms with van der Waals surface area (Å²) in [6, 6.07) is 15.5. The quantitative estimate of drug-likeness (QED) is 0.662. The van der Waals surface area contributed by atoms with Gasteiger partial charge in [-0.05, 0) is 40.0 Å². The molecule has 0 heterocycles. The molecule has 0 aromatic heterocycles. The fourth-order valence-corrected chi connectivity index (χ4v) is 3.77. The zero-order valence-corrected chi connectivity index (χ0v) is 18.2. The van der Waals surface area contributed by atoms with Crippen molar-refractivity contribution in [2.45, 2.75) is 64.9 Å². The van der Waals surface area contributed by atoms with Gasteiger partial charge in [0, 0.05) is 0 Å². The first-order chi connectivity index (χ1) is 12.1. The topological polar surface area (TPSA) is 66.8 Å². The van der Waals surface area contributed by atoms with Crippen molar-refractivity contribution in [3.05, 3.63) is 70.8 Å². The molecule has 0 aliphatic heterocycles. The third kappa shape index (κ3) is 5.30. The van der Waals surface area contributed by atoms with Crippen LogP contribution in [0.1, 0.15) is 70.7 Å². The highest BCUT2D eigenvalue weighted by Crippen LogP contribution is 2.48. The van der Waals surface area contributed by atoms with Gasteiger partial charge in [-0.15, -0.1) is 0 Å². The Morgan fingerprint density at radius 2 is 0.889 bits per heavy atom. The molecule has 0 unspecified atom stereocenters. The molecule has 27 heavy (non-hydrogen) atoms. The number of hydrogen-bond acceptors (Lipinski definition) is 2. The van der Waals surface area contributed by atoms with Crippen molar-refractivity contribution < 1.29 is 18.9 Å². The van der Waals surface area contributed by atoms with Crippen LogP contribution in [0.4, 0.5) is 0 Å². The molecule has 0 bridgehead atoms. The summed E-state index contributed by atoms with van der Waals surface area (Å²) in [6.45, 7) is 14.4. The van der Waals surface area contributed by atoms with Crippen LogP contribution in [-0.2, 0) is 25.5 Å². The summed E-state index contributed by atoms with van der Waals surface area (Å²) >= 11 is 0. The molecule has 5 heteroatoms. The van der Waals surface area contributed by atoms with Crippen LogP contribution < -0.4 is 0 Å². The molecule has 0 aliphatic rings. The minimum atomic E-state index is -4.71. The maximum absolute atomic E-state index is 11.7. The Hall–Kier alpha value is -1.45. The van der Waals surface area contributed by atoms with Gasteiger partial charge in [-0.1, -0.05) is 90.1 Å². The minimum absolute atomic E-state index is 0.00655. The summed E-state index contributed by atoms with van der Waals surface area (Å²) < 4.78 is 17.0. The largest absolute Gasteiger partial charge is 0.470 e. The molecule has 0 saturated carbocycles. The Morgan fingerprint density at radius 3 is 1.11 bits per heavy atom. The normalized spacial score (nSPS) is 13.7. The number of phosphoric ester groups is 1. The average molecular weight is 390 g/mol. The van der Waals surface area contributed by atoms with E-state index in [-0.39, 0.29) is 10.8 Å². The zero-order valence-electron chi connectivity index (χ0n) is 17.3. The summed E-state index contributed by atoms with van der Waals surface area (Å²) in [5, 5.41) is 0. The lowest BCUT2D eigenvalue weighted by atomic mass is 9.81. The second-order valence-corrected chi connectivity index (χ2v) is 10.4. The van der Waals surface area contributed by atoms with Crippen molar-refractivity contribution in [1.82, 2.24) is 0 Å². The van der Waals surface area contributed by atoms with Gasteiger partial charge in [-0.3, -0.25) is 4.52 Å². The smallest absolute Gasteiger partial charge is 0.303 e. The molecule has 4 nitrogen and oxygen atoms in total. The van der Waals surface area contributed by atoms with Crippen molar-refractivity contribution in [3.8, 4) is 0 Å². The Labute approximate surface area is 162 Å². The van der Waals surface area contributed by atoms with E-state index in [1.54, 1.807) is 6.92 Å². The predicted octanol–water partition coefficient (Wildman–Crippen LogP) is 5.65. The van der Waals surface area contributed by atoms with Gasteiger partial charge >= 0.3 is 7.82 Å². The van der Waals surface area contributed by atoms with E-state index in [0.717, 1.165) is 11.1 Å². The third-order valence-electron chi connectivity index (χ3n) is 4.91. The van der Waals surface area contributed by atoms with Crippen molar-refractivity contribution in [2.24, 2.45) is 0 Å². The highest BCUT2D eigenvalue weighted by atomic mass is 31.2. The Balaban J connectivity index is 2.54. The lowest BCUT2D eigenvalue weighted by Gasteiger charge is -2.32. The van der Waals surface area contributed by atoms with Crippen LogP contribution in [0.25, 0.3) is 0 Å². The summed E-state index contributed by atoms with van der Waals surface area (Å²) in [5.41, 5.74) is 2.41. The molecule has 0 spiro atoms. The van der Waals surface area contributed by atoms with E-state index in [1.807, 2.05) is 48.5 Å². The van der Waals surface area contributed by atoms with Crippen LogP contribution in [-0.4, -0.2) is 9.79 Å². The van der Waals surface area contributed by atoms with Gasteiger partial charge in [-0.25, -0.2) is 4.57 Å². The minimum Gasteiger partial charge on any atom is -0.303 e. The van der Waals surface area contributed by atoms with Gasteiger partial charge in [-0.2, -0.15) is 0 Å². The number of benzene rings is 2. The van der Waals surface area contributed by atoms with Gasteiger partial charge in [0.25, 0.3) is 0 Å². The highest BCUT2D eigenvalue weighted by Gasteiger charge is 2.37. The highest BCUT2D eigenvalue weighted by molar-refractivity contribution is 7.46. The van der Waals surface area contributed by atoms with Crippen LogP contribution in [0.3, 0.4) is 0 Å². The lowest BCUT2D eigenvalue weighted by molar-refractivity contribution is 0.0808. The fraction of sp³-hybridized carbons (Fsp3) is 0.455. The molecule has 2 rings (SSSR count). The first kappa shape index (κ1) is 21.8. The van der Waals surface area contributed by atoms with E-state index >= 15 is 0 Å². The molecule has 2 aromatic carbocycles. The molecule has 0 radical (unpaired) electrons. The molecule has 2 N–H and O–H groups in total. The van der Waals surface area contributed by atoms with E-state index in [0.29, 0.717) is 11.1 Å². The lowest BCUT2D eigenvalue weighted by Crippen LogP contribution is -2.27. The Morgan fingerprint density at radius 1 is 0.630 bits per heavy atom. The first-order valence-corrected chi connectivity index (χ1v) is 10.6. The van der Waals surface area contributed by atoms with Crippen LogP contribution in [0, 0.1) is 0 Å². The number of rotatable bonds is 4. The van der Waals surface area contributed by atoms with E-state index in [9.17, 15) is 14.4 Å². The number of hydrogen-bond donors (Lipinski definition) is 2. The zero-order chi connectivity index (χ0) is 20.7. The Bertz CT molecular complexity index is 761. The van der Waals surface area contributed by atoms with Gasteiger partial charge < -0.3 is 9.79 Å². The molecule has 0 atom stereocenters. The summed E-state index contributed by atoms with van der Waals surface area (Å²) in [6.07, 6.45) is 0. The molecule has 0 fully saturated rings. The van der Waals surface area contributed by atoms with Crippen LogP contribution in [0.15, 0.2) is 48.5 Å². The maximum Gasteiger partial charge on any atom is 0.470 e. The fourth-order valence-electron chi connectivity index (χ4n) is 3.09. The van der Waals surface area contributed by atoms with Gasteiger partial charge in [0.15, 0.2) is 0 Å². The van der Waals surface area contributed by atoms with Crippen molar-refractivity contribution in [2.75, 3.05) is 0 Å². The SMILES string of the molecule is CC(C)(C)c1ccc(C(C)(OP(=O)(O)O)c2ccc(C(C)(C)C)cc2)cc1. The van der Waals surface area contributed by atoms with E-state index < -0.39 is 13.4 Å². The molecule has 0 amide bonds. The standard InChI is InChI=1S/C22H31O4P/c1-20(2,3)16-8-12-18(13-9-16)22(7,26-27(23,24)25)19-14-10-17(11-15-19)21(4,5)6/h8-15H,1-7H3,(H2,23,24,25). The summed E-state index contributed by atoms with van der Waals surface area (Å²) in [5.74, 6) is 0. The van der Waals surface area contributed by atoms with Crippen LogP contribution >= 0.6 is 7.82 Å². The molecule has 0 aliphatic carbocycles. The van der Waals surface area contributed by atoms with Gasteiger partial charge in [0.05, 0.1) is 0 Å². The molecule has 148 valence electrons. The predicted molar refractivity (Wildman–Crippen MR) is 110 cm³/mol. The second kappa shape index (κ2) is 7.18. The first-order valence-electron chi connectivity index (χ1n) is 9.11. The van der Waals surface area contributed by atoms with Crippen LogP contribution in [0.5, 0.6) is 0 Å². The van der Waals surface area contributed by atoms with Crippen molar-refractivity contribution in [1.29, 1.82) is 0 Å². The van der Waals surface area contributed by atoms with Gasteiger partial charge in [0.1, 0.15) is 5.60 Å². The Kier molecular flexibility index (Phi) is 5.81. The van der Waals surface area contributed by atoms with Gasteiger partial charge in [0.2, 0.25) is 0 Å². The van der Waals surface area contributed by atoms with E-state index in [4.69, 9.17) is 4.52 Å². The van der Waals surface area contributed by atoms with Crippen molar-refractivity contribution >= 4 is 7.82 Å². The summed E-state index contributed by atoms with van der Waals surface area (Å²) in [7, 11) is -4.71. The monoisotopic (exact) mass is 390 g/mol.